The third kappa shape index (κ3) is 4.49. The number of pyridine rings is 1. The number of carbonyl (C=O) groups is 1. The summed E-state index contributed by atoms with van der Waals surface area (Å²) in [5, 5.41) is 17.4. The monoisotopic (exact) mass is 508 g/mol. The molecule has 192 valence electrons. The number of hydrogen-bond acceptors (Lipinski definition) is 4. The molecule has 0 saturated carbocycles. The van der Waals surface area contributed by atoms with Gasteiger partial charge < -0.3 is 10.4 Å². The minimum Gasteiger partial charge on any atom is -0.506 e. The van der Waals surface area contributed by atoms with Crippen LogP contribution in [0.3, 0.4) is 0 Å². The molecule has 7 heteroatoms. The van der Waals surface area contributed by atoms with Crippen molar-refractivity contribution in [3.63, 3.8) is 0 Å². The summed E-state index contributed by atoms with van der Waals surface area (Å²) in [6.07, 6.45) is 6.93. The van der Waals surface area contributed by atoms with Gasteiger partial charge >= 0.3 is 0 Å². The van der Waals surface area contributed by atoms with Gasteiger partial charge in [-0.15, -0.1) is 0 Å². The fourth-order valence-corrected chi connectivity index (χ4v) is 6.13. The Hall–Kier alpha value is -4.26. The van der Waals surface area contributed by atoms with Crippen LogP contribution in [0.4, 0.5) is 4.39 Å². The van der Waals surface area contributed by atoms with Gasteiger partial charge in [0.2, 0.25) is 0 Å². The van der Waals surface area contributed by atoms with Crippen LogP contribution in [0, 0.1) is 11.7 Å². The molecule has 6 nitrogen and oxygen atoms in total. The quantitative estimate of drug-likeness (QED) is 0.311. The molecule has 3 atom stereocenters. The van der Waals surface area contributed by atoms with Crippen molar-refractivity contribution in [2.24, 2.45) is 5.92 Å². The van der Waals surface area contributed by atoms with Gasteiger partial charge in [-0.25, -0.2) is 14.1 Å². The van der Waals surface area contributed by atoms with Crippen molar-refractivity contribution in [2.75, 3.05) is 0 Å². The molecule has 4 aromatic rings. The van der Waals surface area contributed by atoms with Gasteiger partial charge in [-0.05, 0) is 67.1 Å². The summed E-state index contributed by atoms with van der Waals surface area (Å²) in [4.78, 5) is 17.2. The minimum absolute atomic E-state index is 0.0278. The van der Waals surface area contributed by atoms with E-state index < -0.39 is 0 Å². The molecule has 2 aliphatic rings. The molecular weight excluding hydrogens is 479 g/mol. The smallest absolute Gasteiger partial charge is 0.270 e. The molecule has 0 spiro atoms. The highest BCUT2D eigenvalue weighted by atomic mass is 19.1. The maximum atomic E-state index is 13.5. The van der Waals surface area contributed by atoms with E-state index in [1.54, 1.807) is 12.1 Å². The number of hydrogen-bond donors (Lipinski definition) is 2. The zero-order valence-corrected chi connectivity index (χ0v) is 21.1. The predicted octanol–water partition coefficient (Wildman–Crippen LogP) is 6.04. The summed E-state index contributed by atoms with van der Waals surface area (Å²) in [6.45, 7) is 2.25. The van der Waals surface area contributed by atoms with E-state index in [9.17, 15) is 14.3 Å². The van der Waals surface area contributed by atoms with Crippen molar-refractivity contribution in [3.8, 4) is 11.4 Å². The van der Waals surface area contributed by atoms with E-state index in [0.29, 0.717) is 5.92 Å². The molecular formula is C31H29FN4O2. The first kappa shape index (κ1) is 24.1. The number of benzene rings is 2. The number of nitrogens with zero attached hydrogens (tertiary/aromatic N) is 3. The van der Waals surface area contributed by atoms with Crippen LogP contribution < -0.4 is 5.32 Å². The lowest BCUT2D eigenvalue weighted by Crippen LogP contribution is -2.31. The molecule has 0 aliphatic heterocycles. The molecule has 2 N–H and O–H groups in total. The first-order chi connectivity index (χ1) is 18.5. The third-order valence-corrected chi connectivity index (χ3v) is 7.94. The van der Waals surface area contributed by atoms with E-state index in [1.165, 1.54) is 52.9 Å². The zero-order chi connectivity index (χ0) is 26.2. The average molecular weight is 509 g/mol. The van der Waals surface area contributed by atoms with Gasteiger partial charge in [-0.2, -0.15) is 5.10 Å². The lowest BCUT2D eigenvalue weighted by atomic mass is 9.77. The first-order valence-electron chi connectivity index (χ1n) is 13.0. The minimum atomic E-state index is -0.259. The van der Waals surface area contributed by atoms with Crippen LogP contribution in [0.25, 0.3) is 5.69 Å². The average Bonchev–Trinajstić information content (AvgIpc) is 3.54. The maximum Gasteiger partial charge on any atom is 0.270 e. The Morgan fingerprint density at radius 1 is 1.11 bits per heavy atom. The zero-order valence-electron chi connectivity index (χ0n) is 21.1. The molecule has 2 aromatic heterocycles. The Bertz CT molecular complexity index is 1490. The van der Waals surface area contributed by atoms with Crippen LogP contribution in [0.2, 0.25) is 0 Å². The van der Waals surface area contributed by atoms with Crippen LogP contribution in [0.1, 0.15) is 65.5 Å². The van der Waals surface area contributed by atoms with Crippen LogP contribution in [-0.4, -0.2) is 25.8 Å². The molecule has 2 heterocycles. The Balaban J connectivity index is 1.26. The lowest BCUT2D eigenvalue weighted by Gasteiger charge is -2.29. The standard InChI is InChI=1S/C31H29FN4O2/c1-19-26-18-34-36(24-11-9-23(32)10-12-24)29(26)16-22-8-7-21(30(19)22)15-28(20-5-3-2-4-6-20)35-31(38)27-14-13-25(37)17-33-27/h2-6,9-14,17-19,21,28,37H,7-8,15-16H2,1H3,(H,35,38)/t19-,21+,28?/m0/s1. The second-order valence-electron chi connectivity index (χ2n) is 10.2. The molecule has 6 rings (SSSR count). The van der Waals surface area contributed by atoms with Crippen LogP contribution in [0.5, 0.6) is 5.75 Å². The normalized spacial score (nSPS) is 19.1. The van der Waals surface area contributed by atoms with Gasteiger partial charge in [-0.3, -0.25) is 4.79 Å². The van der Waals surface area contributed by atoms with Crippen LogP contribution in [-0.2, 0) is 6.42 Å². The van der Waals surface area contributed by atoms with Gasteiger partial charge in [-0.1, -0.05) is 48.4 Å². The van der Waals surface area contributed by atoms with E-state index >= 15 is 0 Å². The Morgan fingerprint density at radius 3 is 2.63 bits per heavy atom. The van der Waals surface area contributed by atoms with E-state index in [0.717, 1.165) is 36.9 Å². The molecule has 38 heavy (non-hydrogen) atoms. The van der Waals surface area contributed by atoms with Crippen molar-refractivity contribution in [3.05, 3.63) is 119 Å². The number of allylic oxidation sites excluding steroid dienone is 2. The highest BCUT2D eigenvalue weighted by Crippen LogP contribution is 2.49. The highest BCUT2D eigenvalue weighted by molar-refractivity contribution is 5.92. The number of rotatable bonds is 6. The SMILES string of the molecule is C[C@@H]1C2=C(CC[C@@H]2CC(NC(=O)c2ccc(O)cn2)c2ccccc2)Cc2c1cnn2-c1ccc(F)cc1. The number of fused-ring (bicyclic) bond motifs is 1. The van der Waals surface area contributed by atoms with Crippen LogP contribution >= 0.6 is 0 Å². The molecule has 0 fully saturated rings. The van der Waals surface area contributed by atoms with Crippen molar-refractivity contribution >= 4 is 5.91 Å². The predicted molar refractivity (Wildman–Crippen MR) is 143 cm³/mol. The molecule has 1 unspecified atom stereocenters. The largest absolute Gasteiger partial charge is 0.506 e. The summed E-state index contributed by atoms with van der Waals surface area (Å²) in [5.41, 5.74) is 7.52. The first-order valence-corrected chi connectivity index (χ1v) is 13.0. The summed E-state index contributed by atoms with van der Waals surface area (Å²) >= 11 is 0. The molecule has 0 bridgehead atoms. The molecule has 2 aliphatic carbocycles. The number of carbonyl (C=O) groups excluding carboxylic acids is 1. The highest BCUT2D eigenvalue weighted by Gasteiger charge is 2.37. The number of nitrogens with one attached hydrogen (secondary N) is 1. The van der Waals surface area contributed by atoms with Crippen molar-refractivity contribution < 1.29 is 14.3 Å². The number of halogens is 1. The Morgan fingerprint density at radius 2 is 1.89 bits per heavy atom. The fourth-order valence-electron chi connectivity index (χ4n) is 6.13. The van der Waals surface area contributed by atoms with E-state index in [-0.39, 0.29) is 35.1 Å². The van der Waals surface area contributed by atoms with Gasteiger partial charge in [0.15, 0.2) is 0 Å². The van der Waals surface area contributed by atoms with Gasteiger partial charge in [0.1, 0.15) is 17.3 Å². The van der Waals surface area contributed by atoms with Crippen LogP contribution in [0.15, 0.2) is 90.3 Å². The van der Waals surface area contributed by atoms with E-state index in [4.69, 9.17) is 0 Å². The Labute approximate surface area is 220 Å². The lowest BCUT2D eigenvalue weighted by molar-refractivity contribution is 0.0926. The van der Waals surface area contributed by atoms with Gasteiger partial charge in [0, 0.05) is 17.9 Å². The Kier molecular flexibility index (Phi) is 6.27. The summed E-state index contributed by atoms with van der Waals surface area (Å²) < 4.78 is 15.4. The third-order valence-electron chi connectivity index (χ3n) is 7.94. The van der Waals surface area contributed by atoms with Crippen molar-refractivity contribution in [2.45, 2.75) is 44.6 Å². The number of amides is 1. The maximum absolute atomic E-state index is 13.5. The summed E-state index contributed by atoms with van der Waals surface area (Å²) in [7, 11) is 0. The second-order valence-corrected chi connectivity index (χ2v) is 10.2. The van der Waals surface area contributed by atoms with Crippen molar-refractivity contribution in [1.82, 2.24) is 20.1 Å². The van der Waals surface area contributed by atoms with Crippen molar-refractivity contribution in [1.29, 1.82) is 0 Å². The molecule has 1 amide bonds. The number of aromatic hydroxyl groups is 1. The van der Waals surface area contributed by atoms with E-state index in [2.05, 4.69) is 34.5 Å². The topological polar surface area (TPSA) is 80.0 Å². The second kappa shape index (κ2) is 9.89. The molecule has 2 aromatic carbocycles. The molecule has 0 saturated heterocycles. The summed E-state index contributed by atoms with van der Waals surface area (Å²) in [5.74, 6) is 0.0700. The van der Waals surface area contributed by atoms with Gasteiger partial charge in [0.25, 0.3) is 5.91 Å². The molecule has 0 radical (unpaired) electrons. The fraction of sp³-hybridized carbons (Fsp3) is 0.258. The summed E-state index contributed by atoms with van der Waals surface area (Å²) in [6, 6.07) is 19.4. The van der Waals surface area contributed by atoms with Gasteiger partial charge in [0.05, 0.1) is 29.8 Å². The number of aromatic nitrogens is 3. The van der Waals surface area contributed by atoms with E-state index in [1.807, 2.05) is 29.1 Å².